The second kappa shape index (κ2) is 5.56. The minimum atomic E-state index is 0.821. The van der Waals surface area contributed by atoms with Gasteiger partial charge in [-0.25, -0.2) is 0 Å². The van der Waals surface area contributed by atoms with E-state index in [1.165, 1.54) is 23.2 Å². The van der Waals surface area contributed by atoms with Gasteiger partial charge in [-0.15, -0.1) is 0 Å². The summed E-state index contributed by atoms with van der Waals surface area (Å²) in [6.45, 7) is 1.03. The maximum Gasteiger partial charge on any atom is 0.0646 e. The van der Waals surface area contributed by atoms with Gasteiger partial charge in [-0.05, 0) is 36.1 Å². The van der Waals surface area contributed by atoms with Crippen LogP contribution in [0.15, 0.2) is 42.5 Å². The molecule has 98 valence electrons. The summed E-state index contributed by atoms with van der Waals surface area (Å²) in [7, 11) is 0. The number of hydrogen-bond acceptors (Lipinski definition) is 1. The van der Waals surface area contributed by atoms with Gasteiger partial charge in [0.15, 0.2) is 0 Å². The van der Waals surface area contributed by atoms with Gasteiger partial charge in [0.25, 0.3) is 0 Å². The zero-order valence-electron chi connectivity index (χ0n) is 10.6. The Morgan fingerprint density at radius 1 is 1.11 bits per heavy atom. The number of fused-ring (bicyclic) bond motifs is 1. The Bertz CT molecular complexity index is 597. The van der Waals surface area contributed by atoms with Crippen LogP contribution in [0.5, 0.6) is 0 Å². The zero-order chi connectivity index (χ0) is 13.2. The summed E-state index contributed by atoms with van der Waals surface area (Å²) in [5.74, 6) is 0. The Kier molecular flexibility index (Phi) is 3.81. The first-order valence-electron chi connectivity index (χ1n) is 6.50. The largest absolute Gasteiger partial charge is 0.340 e. The molecule has 0 atom stereocenters. The highest BCUT2D eigenvalue weighted by molar-refractivity contribution is 9.08. The molecule has 1 heterocycles. The number of alkyl halides is 1. The lowest BCUT2D eigenvalue weighted by Crippen LogP contribution is -2.25. The molecule has 3 heteroatoms. The van der Waals surface area contributed by atoms with Crippen molar-refractivity contribution in [3.05, 3.63) is 58.6 Å². The van der Waals surface area contributed by atoms with E-state index in [1.54, 1.807) is 0 Å². The molecular weight excluding hydrogens is 322 g/mol. The standard InChI is InChI=1S/C16H15BrClN/c17-11-13-6-3-8-14(18)16(13)19-10-4-7-12-5-1-2-9-15(12)19/h1-3,5-6,8-9H,4,7,10-11H2. The Morgan fingerprint density at radius 2 is 1.95 bits per heavy atom. The SMILES string of the molecule is Clc1cccc(CBr)c1N1CCCc2ccccc21. The molecule has 0 bridgehead atoms. The molecule has 0 fully saturated rings. The molecule has 0 saturated carbocycles. The third-order valence-corrected chi connectivity index (χ3v) is 4.50. The van der Waals surface area contributed by atoms with Crippen LogP contribution >= 0.6 is 27.5 Å². The third kappa shape index (κ3) is 2.39. The summed E-state index contributed by atoms with van der Waals surface area (Å²) in [6, 6.07) is 14.7. The van der Waals surface area contributed by atoms with Gasteiger partial charge in [0.05, 0.1) is 10.7 Å². The molecule has 19 heavy (non-hydrogen) atoms. The second-order valence-electron chi connectivity index (χ2n) is 4.77. The second-order valence-corrected chi connectivity index (χ2v) is 5.73. The van der Waals surface area contributed by atoms with Gasteiger partial charge >= 0.3 is 0 Å². The molecule has 1 aliphatic rings. The summed E-state index contributed by atoms with van der Waals surface area (Å²) >= 11 is 10.0. The van der Waals surface area contributed by atoms with Gasteiger partial charge in [0, 0.05) is 17.6 Å². The van der Waals surface area contributed by atoms with Crippen LogP contribution in [0, 0.1) is 0 Å². The summed E-state index contributed by atoms with van der Waals surface area (Å²) in [6.07, 6.45) is 2.32. The van der Waals surface area contributed by atoms with E-state index in [-0.39, 0.29) is 0 Å². The van der Waals surface area contributed by atoms with Crippen molar-refractivity contribution >= 4 is 38.9 Å². The van der Waals surface area contributed by atoms with E-state index in [0.717, 1.165) is 29.0 Å². The molecule has 0 aliphatic carbocycles. The highest BCUT2D eigenvalue weighted by atomic mass is 79.9. The molecule has 0 unspecified atom stereocenters. The number of para-hydroxylation sites is 2. The normalized spacial score (nSPS) is 14.3. The quantitative estimate of drug-likeness (QED) is 0.671. The van der Waals surface area contributed by atoms with Crippen molar-refractivity contribution in [3.8, 4) is 0 Å². The predicted octanol–water partition coefficient (Wildman–Crippen LogP) is 5.32. The number of halogens is 2. The van der Waals surface area contributed by atoms with E-state index < -0.39 is 0 Å². The first-order chi connectivity index (χ1) is 9.31. The maximum atomic E-state index is 6.45. The monoisotopic (exact) mass is 335 g/mol. The number of rotatable bonds is 2. The minimum absolute atomic E-state index is 0.821. The fourth-order valence-corrected chi connectivity index (χ4v) is 3.48. The van der Waals surface area contributed by atoms with E-state index in [9.17, 15) is 0 Å². The van der Waals surface area contributed by atoms with Crippen molar-refractivity contribution in [1.82, 2.24) is 0 Å². The first kappa shape index (κ1) is 13.0. The molecule has 0 amide bonds. The summed E-state index contributed by atoms with van der Waals surface area (Å²) < 4.78 is 0. The van der Waals surface area contributed by atoms with E-state index in [0.29, 0.717) is 0 Å². The van der Waals surface area contributed by atoms with Crippen molar-refractivity contribution in [2.24, 2.45) is 0 Å². The Morgan fingerprint density at radius 3 is 2.79 bits per heavy atom. The summed E-state index contributed by atoms with van der Waals surface area (Å²) in [5.41, 5.74) is 5.09. The van der Waals surface area contributed by atoms with E-state index in [4.69, 9.17) is 11.6 Å². The number of hydrogen-bond donors (Lipinski definition) is 0. The fourth-order valence-electron chi connectivity index (χ4n) is 2.74. The van der Waals surface area contributed by atoms with Crippen LogP contribution in [-0.4, -0.2) is 6.54 Å². The average Bonchev–Trinajstić information content (AvgIpc) is 2.46. The van der Waals surface area contributed by atoms with Gasteiger partial charge in [-0.3, -0.25) is 0 Å². The van der Waals surface area contributed by atoms with E-state index in [1.807, 2.05) is 12.1 Å². The molecule has 0 spiro atoms. The summed E-state index contributed by atoms with van der Waals surface area (Å²) in [4.78, 5) is 2.36. The van der Waals surface area contributed by atoms with E-state index in [2.05, 4.69) is 51.2 Å². The lowest BCUT2D eigenvalue weighted by molar-refractivity contribution is 0.765. The number of anilines is 2. The van der Waals surface area contributed by atoms with Crippen LogP contribution in [0.25, 0.3) is 0 Å². The van der Waals surface area contributed by atoms with Gasteiger partial charge in [-0.1, -0.05) is 57.9 Å². The van der Waals surface area contributed by atoms with Crippen LogP contribution in [0.1, 0.15) is 17.5 Å². The van der Waals surface area contributed by atoms with Crippen molar-refractivity contribution < 1.29 is 0 Å². The van der Waals surface area contributed by atoms with Crippen LogP contribution in [0.3, 0.4) is 0 Å². The molecule has 2 aromatic carbocycles. The van der Waals surface area contributed by atoms with Crippen molar-refractivity contribution in [2.45, 2.75) is 18.2 Å². The number of nitrogens with zero attached hydrogens (tertiary/aromatic N) is 1. The van der Waals surface area contributed by atoms with Gasteiger partial charge < -0.3 is 4.90 Å². The molecule has 1 aliphatic heterocycles. The summed E-state index contributed by atoms with van der Waals surface area (Å²) in [5, 5.41) is 1.65. The van der Waals surface area contributed by atoms with Crippen LogP contribution in [0.4, 0.5) is 11.4 Å². The molecule has 0 N–H and O–H groups in total. The van der Waals surface area contributed by atoms with Crippen LogP contribution < -0.4 is 4.90 Å². The van der Waals surface area contributed by atoms with Crippen LogP contribution in [-0.2, 0) is 11.8 Å². The lowest BCUT2D eigenvalue weighted by atomic mass is 10.0. The highest BCUT2D eigenvalue weighted by Crippen LogP contribution is 2.39. The highest BCUT2D eigenvalue weighted by Gasteiger charge is 2.21. The molecular formula is C16H15BrClN. The van der Waals surface area contributed by atoms with Gasteiger partial charge in [-0.2, -0.15) is 0 Å². The molecule has 3 rings (SSSR count). The van der Waals surface area contributed by atoms with E-state index >= 15 is 0 Å². The number of aryl methyl sites for hydroxylation is 1. The lowest BCUT2D eigenvalue weighted by Gasteiger charge is -2.33. The molecule has 0 radical (unpaired) electrons. The third-order valence-electron chi connectivity index (χ3n) is 3.59. The Balaban J connectivity index is 2.14. The zero-order valence-corrected chi connectivity index (χ0v) is 12.9. The minimum Gasteiger partial charge on any atom is -0.340 e. The smallest absolute Gasteiger partial charge is 0.0646 e. The maximum absolute atomic E-state index is 6.45. The van der Waals surface area contributed by atoms with Crippen molar-refractivity contribution in [2.75, 3.05) is 11.4 Å². The van der Waals surface area contributed by atoms with Gasteiger partial charge in [0.2, 0.25) is 0 Å². The first-order valence-corrected chi connectivity index (χ1v) is 8.00. The molecule has 0 aromatic heterocycles. The average molecular weight is 337 g/mol. The topological polar surface area (TPSA) is 3.24 Å². The van der Waals surface area contributed by atoms with Crippen molar-refractivity contribution in [3.63, 3.8) is 0 Å². The Labute approximate surface area is 127 Å². The Hall–Kier alpha value is -0.990. The molecule has 1 nitrogen and oxygen atoms in total. The fraction of sp³-hybridized carbons (Fsp3) is 0.250. The van der Waals surface area contributed by atoms with Crippen LogP contribution in [0.2, 0.25) is 5.02 Å². The predicted molar refractivity (Wildman–Crippen MR) is 85.9 cm³/mol. The van der Waals surface area contributed by atoms with Gasteiger partial charge in [0.1, 0.15) is 0 Å². The molecule has 0 saturated heterocycles. The van der Waals surface area contributed by atoms with Crippen molar-refractivity contribution in [1.29, 1.82) is 0 Å². The number of benzene rings is 2. The molecule has 2 aromatic rings.